The topological polar surface area (TPSA) is 41.1 Å². The fourth-order valence-corrected chi connectivity index (χ4v) is 3.83. The molecule has 118 valence electrons. The summed E-state index contributed by atoms with van der Waals surface area (Å²) in [5.74, 6) is 0. The molecule has 4 nitrogen and oxygen atoms in total. The molecule has 0 saturated carbocycles. The van der Waals surface area contributed by atoms with Crippen LogP contribution < -0.4 is 5.32 Å². The molecular formula is C17H24N4S. The molecule has 0 bridgehead atoms. The van der Waals surface area contributed by atoms with E-state index in [-0.39, 0.29) is 0 Å². The van der Waals surface area contributed by atoms with Crippen molar-refractivity contribution in [3.8, 4) is 0 Å². The van der Waals surface area contributed by atoms with E-state index in [1.807, 2.05) is 12.3 Å². The Hall–Kier alpha value is -1.30. The van der Waals surface area contributed by atoms with E-state index >= 15 is 0 Å². The van der Waals surface area contributed by atoms with Crippen molar-refractivity contribution in [1.29, 1.82) is 0 Å². The van der Waals surface area contributed by atoms with Crippen LogP contribution in [-0.4, -0.2) is 34.0 Å². The second-order valence-corrected chi connectivity index (χ2v) is 6.89. The van der Waals surface area contributed by atoms with Crippen molar-refractivity contribution in [3.05, 3.63) is 46.2 Å². The molecule has 0 spiro atoms. The number of hydrogen-bond acceptors (Lipinski definition) is 5. The van der Waals surface area contributed by atoms with E-state index in [1.54, 1.807) is 11.3 Å². The van der Waals surface area contributed by atoms with Gasteiger partial charge in [0.05, 0.1) is 12.2 Å². The number of nitrogens with one attached hydrogen (secondary N) is 1. The number of hydrogen-bond donors (Lipinski definition) is 1. The van der Waals surface area contributed by atoms with Gasteiger partial charge in [-0.05, 0) is 51.4 Å². The lowest BCUT2D eigenvalue weighted by molar-refractivity contribution is 0.162. The normalized spacial score (nSPS) is 19.3. The minimum atomic E-state index is 0.612. The smallest absolute Gasteiger partial charge is 0.107 e. The van der Waals surface area contributed by atoms with Gasteiger partial charge in [0, 0.05) is 29.9 Å². The second-order valence-electron chi connectivity index (χ2n) is 5.94. The van der Waals surface area contributed by atoms with Gasteiger partial charge in [-0.15, -0.1) is 11.3 Å². The van der Waals surface area contributed by atoms with Crippen LogP contribution in [-0.2, 0) is 13.1 Å². The van der Waals surface area contributed by atoms with Crippen LogP contribution in [0.1, 0.15) is 35.7 Å². The molecule has 1 aliphatic heterocycles. The van der Waals surface area contributed by atoms with E-state index in [4.69, 9.17) is 0 Å². The first kappa shape index (κ1) is 15.6. The van der Waals surface area contributed by atoms with Crippen LogP contribution in [0.3, 0.4) is 0 Å². The van der Waals surface area contributed by atoms with Crippen LogP contribution in [0.2, 0.25) is 0 Å². The molecule has 0 unspecified atom stereocenters. The van der Waals surface area contributed by atoms with E-state index in [1.165, 1.54) is 24.3 Å². The highest BCUT2D eigenvalue weighted by atomic mass is 32.1. The lowest BCUT2D eigenvalue weighted by atomic mass is 10.1. The van der Waals surface area contributed by atoms with E-state index in [0.717, 1.165) is 37.6 Å². The van der Waals surface area contributed by atoms with Crippen LogP contribution in [0.25, 0.3) is 0 Å². The summed E-state index contributed by atoms with van der Waals surface area (Å²) in [6.45, 7) is 6.16. The molecule has 1 N–H and O–H groups in total. The highest BCUT2D eigenvalue weighted by Gasteiger charge is 2.21. The Morgan fingerprint density at radius 2 is 2.23 bits per heavy atom. The predicted octanol–water partition coefficient (Wildman–Crippen LogP) is 2.99. The molecule has 2 aromatic rings. The summed E-state index contributed by atoms with van der Waals surface area (Å²) < 4.78 is 0. The van der Waals surface area contributed by atoms with Gasteiger partial charge in [0.25, 0.3) is 0 Å². The summed E-state index contributed by atoms with van der Waals surface area (Å²) in [5, 5.41) is 6.86. The predicted molar refractivity (Wildman–Crippen MR) is 90.8 cm³/mol. The Labute approximate surface area is 136 Å². The zero-order valence-electron chi connectivity index (χ0n) is 13.2. The quantitative estimate of drug-likeness (QED) is 0.921. The van der Waals surface area contributed by atoms with Crippen molar-refractivity contribution in [2.45, 2.75) is 45.3 Å². The SMILES string of the molecule is Cc1csc(CN(Cc2ccccn2)[C@@H]2CCCNCC2)n1. The molecule has 2 aromatic heterocycles. The van der Waals surface area contributed by atoms with Crippen molar-refractivity contribution in [2.24, 2.45) is 0 Å². The van der Waals surface area contributed by atoms with Crippen molar-refractivity contribution < 1.29 is 0 Å². The molecule has 1 atom stereocenters. The van der Waals surface area contributed by atoms with Gasteiger partial charge in [0.1, 0.15) is 5.01 Å². The van der Waals surface area contributed by atoms with Crippen molar-refractivity contribution in [2.75, 3.05) is 13.1 Å². The van der Waals surface area contributed by atoms with E-state index in [9.17, 15) is 0 Å². The molecule has 0 aliphatic carbocycles. The van der Waals surface area contributed by atoms with Gasteiger partial charge in [-0.2, -0.15) is 0 Å². The van der Waals surface area contributed by atoms with E-state index in [2.05, 4.69) is 44.6 Å². The molecule has 0 aromatic carbocycles. The van der Waals surface area contributed by atoms with Crippen LogP contribution in [0.5, 0.6) is 0 Å². The molecule has 0 radical (unpaired) electrons. The largest absolute Gasteiger partial charge is 0.317 e. The minimum Gasteiger partial charge on any atom is -0.317 e. The van der Waals surface area contributed by atoms with Gasteiger partial charge >= 0.3 is 0 Å². The van der Waals surface area contributed by atoms with Gasteiger partial charge in [-0.1, -0.05) is 6.07 Å². The zero-order valence-corrected chi connectivity index (χ0v) is 14.0. The van der Waals surface area contributed by atoms with Crippen LogP contribution in [0.4, 0.5) is 0 Å². The summed E-state index contributed by atoms with van der Waals surface area (Å²) in [6.07, 6.45) is 5.59. The molecule has 5 heteroatoms. The second kappa shape index (κ2) is 7.81. The van der Waals surface area contributed by atoms with E-state index in [0.29, 0.717) is 6.04 Å². The van der Waals surface area contributed by atoms with Gasteiger partial charge in [0.15, 0.2) is 0 Å². The summed E-state index contributed by atoms with van der Waals surface area (Å²) in [5.41, 5.74) is 2.27. The zero-order chi connectivity index (χ0) is 15.2. The fourth-order valence-electron chi connectivity index (χ4n) is 3.03. The maximum Gasteiger partial charge on any atom is 0.107 e. The first-order chi connectivity index (χ1) is 10.8. The third-order valence-corrected chi connectivity index (χ3v) is 5.11. The number of thiazole rings is 1. The van der Waals surface area contributed by atoms with Crippen molar-refractivity contribution in [1.82, 2.24) is 20.2 Å². The molecular weight excluding hydrogens is 292 g/mol. The summed E-state index contributed by atoms with van der Waals surface area (Å²) in [4.78, 5) is 11.7. The third kappa shape index (κ3) is 4.35. The highest BCUT2D eigenvalue weighted by molar-refractivity contribution is 7.09. The Morgan fingerprint density at radius 3 is 3.00 bits per heavy atom. The Kier molecular flexibility index (Phi) is 5.53. The average molecular weight is 316 g/mol. The van der Waals surface area contributed by atoms with Gasteiger partial charge in [-0.25, -0.2) is 4.98 Å². The van der Waals surface area contributed by atoms with Crippen LogP contribution >= 0.6 is 11.3 Å². The fraction of sp³-hybridized carbons (Fsp3) is 0.529. The summed E-state index contributed by atoms with van der Waals surface area (Å²) in [6, 6.07) is 6.78. The van der Waals surface area contributed by atoms with E-state index < -0.39 is 0 Å². The monoisotopic (exact) mass is 316 g/mol. The number of rotatable bonds is 5. The van der Waals surface area contributed by atoms with Crippen LogP contribution in [0.15, 0.2) is 29.8 Å². The molecule has 0 amide bonds. The van der Waals surface area contributed by atoms with Crippen LogP contribution in [0, 0.1) is 6.92 Å². The number of nitrogens with zero attached hydrogens (tertiary/aromatic N) is 3. The molecule has 22 heavy (non-hydrogen) atoms. The minimum absolute atomic E-state index is 0.612. The Bertz CT molecular complexity index is 561. The lowest BCUT2D eigenvalue weighted by Crippen LogP contribution is -2.35. The molecule has 1 fully saturated rings. The molecule has 1 aliphatic rings. The number of aryl methyl sites for hydroxylation is 1. The lowest BCUT2D eigenvalue weighted by Gasteiger charge is -2.30. The molecule has 3 rings (SSSR count). The van der Waals surface area contributed by atoms with Gasteiger partial charge in [-0.3, -0.25) is 9.88 Å². The summed E-state index contributed by atoms with van der Waals surface area (Å²) >= 11 is 1.77. The average Bonchev–Trinajstić information content (AvgIpc) is 2.78. The summed E-state index contributed by atoms with van der Waals surface area (Å²) in [7, 11) is 0. The molecule has 1 saturated heterocycles. The maximum absolute atomic E-state index is 4.65. The Morgan fingerprint density at radius 1 is 1.27 bits per heavy atom. The first-order valence-electron chi connectivity index (χ1n) is 8.07. The molecule has 3 heterocycles. The number of aromatic nitrogens is 2. The van der Waals surface area contributed by atoms with Gasteiger partial charge in [0.2, 0.25) is 0 Å². The first-order valence-corrected chi connectivity index (χ1v) is 8.95. The highest BCUT2D eigenvalue weighted by Crippen LogP contribution is 2.20. The van der Waals surface area contributed by atoms with Gasteiger partial charge < -0.3 is 5.32 Å². The maximum atomic E-state index is 4.65. The third-order valence-electron chi connectivity index (χ3n) is 4.16. The number of pyridine rings is 1. The standard InChI is InChI=1S/C17H24N4S/c1-14-13-22-17(20-14)12-21(11-15-5-2-3-9-19-15)16-6-4-8-18-10-7-16/h2-3,5,9,13,16,18H,4,6-8,10-12H2,1H3/t16-/m1/s1. The van der Waals surface area contributed by atoms with Crippen molar-refractivity contribution >= 4 is 11.3 Å². The van der Waals surface area contributed by atoms with Crippen molar-refractivity contribution in [3.63, 3.8) is 0 Å². The Balaban J connectivity index is 1.74.